The zero-order chi connectivity index (χ0) is 14.7. The Kier molecular flexibility index (Phi) is 3.77. The van der Waals surface area contributed by atoms with E-state index in [4.69, 9.17) is 5.73 Å². The van der Waals surface area contributed by atoms with Gasteiger partial charge in [0.1, 0.15) is 0 Å². The van der Waals surface area contributed by atoms with Gasteiger partial charge in [0.2, 0.25) is 0 Å². The molecule has 0 atom stereocenters. The van der Waals surface area contributed by atoms with E-state index in [1.807, 2.05) is 48.5 Å². The van der Waals surface area contributed by atoms with Gasteiger partial charge in [-0.3, -0.25) is 4.90 Å². The third-order valence-corrected chi connectivity index (χ3v) is 3.75. The Balaban J connectivity index is 1.71. The lowest BCUT2D eigenvalue weighted by Gasteiger charge is -2.29. The highest BCUT2D eigenvalue weighted by atomic mass is 16.2. The number of carbonyl (C=O) groups is 1. The molecule has 2 aromatic carbocycles. The minimum absolute atomic E-state index is 0.0513. The summed E-state index contributed by atoms with van der Waals surface area (Å²) in [7, 11) is 0. The van der Waals surface area contributed by atoms with E-state index in [1.54, 1.807) is 4.90 Å². The van der Waals surface area contributed by atoms with Gasteiger partial charge in [-0.2, -0.15) is 0 Å². The van der Waals surface area contributed by atoms with E-state index in [-0.39, 0.29) is 6.03 Å². The smallest absolute Gasteiger partial charge is 0.322 e. The van der Waals surface area contributed by atoms with Crippen LogP contribution in [0.2, 0.25) is 0 Å². The number of hydrogen-bond acceptors (Lipinski definition) is 2. The Labute approximate surface area is 124 Å². The fourth-order valence-corrected chi connectivity index (χ4v) is 2.70. The highest BCUT2D eigenvalue weighted by molar-refractivity contribution is 5.93. The molecule has 1 aliphatic rings. The molecule has 3 rings (SSSR count). The van der Waals surface area contributed by atoms with E-state index in [0.29, 0.717) is 6.54 Å². The van der Waals surface area contributed by atoms with Gasteiger partial charge in [-0.15, -0.1) is 0 Å². The average molecular weight is 281 g/mol. The molecular formula is C17H19N3O. The highest BCUT2D eigenvalue weighted by Gasteiger charge is 2.22. The van der Waals surface area contributed by atoms with E-state index in [9.17, 15) is 4.79 Å². The molecule has 21 heavy (non-hydrogen) atoms. The largest absolute Gasteiger partial charge is 0.399 e. The average Bonchev–Trinajstić information content (AvgIpc) is 2.52. The maximum Gasteiger partial charge on any atom is 0.322 e. The molecule has 0 saturated heterocycles. The molecule has 0 saturated carbocycles. The van der Waals surface area contributed by atoms with Crippen LogP contribution in [0, 0.1) is 0 Å². The van der Waals surface area contributed by atoms with Crippen LogP contribution in [0.4, 0.5) is 16.2 Å². The van der Waals surface area contributed by atoms with Gasteiger partial charge in [0.25, 0.3) is 0 Å². The van der Waals surface area contributed by atoms with Crippen molar-refractivity contribution in [1.82, 2.24) is 5.32 Å². The molecule has 0 unspecified atom stereocenters. The molecule has 0 aliphatic carbocycles. The van der Waals surface area contributed by atoms with Crippen molar-refractivity contribution in [2.24, 2.45) is 0 Å². The Bertz CT molecular complexity index is 640. The van der Waals surface area contributed by atoms with Crippen LogP contribution in [0.15, 0.2) is 48.5 Å². The number of nitrogens with two attached hydrogens (primary N) is 1. The number of carbonyl (C=O) groups excluding carboxylic acids is 1. The number of nitrogens with one attached hydrogen (secondary N) is 1. The SMILES string of the molecule is Nc1ccc2c(c1)CCCN2C(=O)NCc1ccccc1. The van der Waals surface area contributed by atoms with Crippen molar-refractivity contribution in [2.45, 2.75) is 19.4 Å². The van der Waals surface area contributed by atoms with Crippen LogP contribution in [-0.4, -0.2) is 12.6 Å². The molecule has 0 fully saturated rings. The van der Waals surface area contributed by atoms with Gasteiger partial charge >= 0.3 is 6.03 Å². The normalized spacial score (nSPS) is 13.6. The number of anilines is 2. The third kappa shape index (κ3) is 2.99. The predicted octanol–water partition coefficient (Wildman–Crippen LogP) is 2.93. The number of aryl methyl sites for hydroxylation is 1. The number of fused-ring (bicyclic) bond motifs is 1. The lowest BCUT2D eigenvalue weighted by molar-refractivity contribution is 0.245. The van der Waals surface area contributed by atoms with Gasteiger partial charge in [0.15, 0.2) is 0 Å². The van der Waals surface area contributed by atoms with Gasteiger partial charge in [-0.05, 0) is 42.2 Å². The van der Waals surface area contributed by atoms with Crippen LogP contribution in [0.1, 0.15) is 17.5 Å². The molecule has 0 radical (unpaired) electrons. The first-order valence-corrected chi connectivity index (χ1v) is 7.22. The summed E-state index contributed by atoms with van der Waals surface area (Å²) in [6.45, 7) is 1.29. The van der Waals surface area contributed by atoms with Gasteiger partial charge in [-0.25, -0.2) is 4.79 Å². The van der Waals surface area contributed by atoms with Crippen molar-refractivity contribution in [1.29, 1.82) is 0 Å². The number of nitrogen functional groups attached to an aromatic ring is 1. The number of amides is 2. The summed E-state index contributed by atoms with van der Waals surface area (Å²) < 4.78 is 0. The van der Waals surface area contributed by atoms with Crippen molar-refractivity contribution >= 4 is 17.4 Å². The Morgan fingerprint density at radius 1 is 1.19 bits per heavy atom. The minimum Gasteiger partial charge on any atom is -0.399 e. The molecule has 1 aliphatic heterocycles. The fourth-order valence-electron chi connectivity index (χ4n) is 2.70. The number of nitrogens with zero attached hydrogens (tertiary/aromatic N) is 1. The minimum atomic E-state index is -0.0513. The molecule has 2 aromatic rings. The molecule has 4 nitrogen and oxygen atoms in total. The van der Waals surface area contributed by atoms with Crippen molar-refractivity contribution in [3.63, 3.8) is 0 Å². The summed E-state index contributed by atoms with van der Waals surface area (Å²) >= 11 is 0. The van der Waals surface area contributed by atoms with Crippen LogP contribution in [0.5, 0.6) is 0 Å². The molecule has 1 heterocycles. The molecule has 2 amide bonds. The second-order valence-electron chi connectivity index (χ2n) is 5.29. The monoisotopic (exact) mass is 281 g/mol. The van der Waals surface area contributed by atoms with Crippen LogP contribution in [0.3, 0.4) is 0 Å². The maximum absolute atomic E-state index is 12.4. The molecule has 0 bridgehead atoms. The standard InChI is InChI=1S/C17H19N3O/c18-15-8-9-16-14(11-15)7-4-10-20(16)17(21)19-12-13-5-2-1-3-6-13/h1-3,5-6,8-9,11H,4,7,10,12,18H2,(H,19,21). The molecule has 0 aromatic heterocycles. The van der Waals surface area contributed by atoms with Gasteiger partial charge in [-0.1, -0.05) is 30.3 Å². The summed E-state index contributed by atoms with van der Waals surface area (Å²) in [6.07, 6.45) is 1.94. The Morgan fingerprint density at radius 2 is 2.00 bits per heavy atom. The lowest BCUT2D eigenvalue weighted by Crippen LogP contribution is -2.42. The number of urea groups is 1. The maximum atomic E-state index is 12.4. The molecule has 0 spiro atoms. The first kappa shape index (κ1) is 13.5. The summed E-state index contributed by atoms with van der Waals surface area (Å²) in [6, 6.07) is 15.6. The first-order chi connectivity index (χ1) is 10.2. The van der Waals surface area contributed by atoms with Crippen molar-refractivity contribution < 1.29 is 4.79 Å². The van der Waals surface area contributed by atoms with Crippen LogP contribution < -0.4 is 16.0 Å². The summed E-state index contributed by atoms with van der Waals surface area (Å²) in [5.74, 6) is 0. The van der Waals surface area contributed by atoms with E-state index in [1.165, 1.54) is 0 Å². The number of benzene rings is 2. The second-order valence-corrected chi connectivity index (χ2v) is 5.29. The summed E-state index contributed by atoms with van der Waals surface area (Å²) in [5.41, 5.74) is 9.79. The summed E-state index contributed by atoms with van der Waals surface area (Å²) in [5, 5.41) is 2.98. The predicted molar refractivity (Wildman–Crippen MR) is 85.2 cm³/mol. The number of hydrogen-bond donors (Lipinski definition) is 2. The topological polar surface area (TPSA) is 58.4 Å². The van der Waals surface area contributed by atoms with Crippen LogP contribution in [0.25, 0.3) is 0 Å². The van der Waals surface area contributed by atoms with E-state index >= 15 is 0 Å². The van der Waals surface area contributed by atoms with Crippen molar-refractivity contribution in [2.75, 3.05) is 17.2 Å². The second kappa shape index (κ2) is 5.87. The first-order valence-electron chi connectivity index (χ1n) is 7.22. The zero-order valence-electron chi connectivity index (χ0n) is 11.9. The van der Waals surface area contributed by atoms with Gasteiger partial charge < -0.3 is 11.1 Å². The molecule has 4 heteroatoms. The molecule has 3 N–H and O–H groups in total. The lowest BCUT2D eigenvalue weighted by atomic mass is 10.0. The molecule has 108 valence electrons. The van der Waals surface area contributed by atoms with Gasteiger partial charge in [0, 0.05) is 24.5 Å². The highest BCUT2D eigenvalue weighted by Crippen LogP contribution is 2.28. The Hall–Kier alpha value is -2.49. The van der Waals surface area contributed by atoms with E-state index in [2.05, 4.69) is 5.32 Å². The molecular weight excluding hydrogens is 262 g/mol. The van der Waals surface area contributed by atoms with Gasteiger partial charge in [0.05, 0.1) is 0 Å². The fraction of sp³-hybridized carbons (Fsp3) is 0.235. The third-order valence-electron chi connectivity index (χ3n) is 3.75. The quantitative estimate of drug-likeness (QED) is 0.831. The van der Waals surface area contributed by atoms with E-state index < -0.39 is 0 Å². The van der Waals surface area contributed by atoms with Crippen LogP contribution in [-0.2, 0) is 13.0 Å². The van der Waals surface area contributed by atoms with Crippen molar-refractivity contribution in [3.8, 4) is 0 Å². The van der Waals surface area contributed by atoms with Crippen molar-refractivity contribution in [3.05, 3.63) is 59.7 Å². The zero-order valence-corrected chi connectivity index (χ0v) is 11.9. The Morgan fingerprint density at radius 3 is 2.81 bits per heavy atom. The van der Waals surface area contributed by atoms with Crippen LogP contribution >= 0.6 is 0 Å². The van der Waals surface area contributed by atoms with E-state index in [0.717, 1.165) is 41.9 Å². The number of rotatable bonds is 2. The summed E-state index contributed by atoms with van der Waals surface area (Å²) in [4.78, 5) is 14.2.